The molecule has 0 aromatic carbocycles. The number of allylic oxidation sites excluding steroid dienone is 2. The van der Waals surface area contributed by atoms with Crippen molar-refractivity contribution in [3.63, 3.8) is 0 Å². The Bertz CT molecular complexity index is 333. The van der Waals surface area contributed by atoms with Crippen molar-refractivity contribution >= 4 is 5.97 Å². The Kier molecular flexibility index (Phi) is 1.20. The number of carbonyl (C=O) groups excluding carboxylic acids is 1. The second-order valence-corrected chi connectivity index (χ2v) is 5.29. The van der Waals surface area contributed by atoms with Crippen LogP contribution in [0.15, 0.2) is 12.2 Å². The van der Waals surface area contributed by atoms with E-state index in [0.29, 0.717) is 24.4 Å². The van der Waals surface area contributed by atoms with Crippen LogP contribution in [0.4, 0.5) is 0 Å². The summed E-state index contributed by atoms with van der Waals surface area (Å²) in [7, 11) is 0. The molecule has 4 aliphatic rings. The Morgan fingerprint density at radius 1 is 1.21 bits per heavy atom. The molecule has 1 saturated heterocycles. The first-order valence-electron chi connectivity index (χ1n) is 5.69. The molecule has 0 aromatic rings. The predicted octanol–water partition coefficient (Wildman–Crippen LogP) is 1.62. The second-order valence-electron chi connectivity index (χ2n) is 5.29. The van der Waals surface area contributed by atoms with Gasteiger partial charge in [0.05, 0.1) is 12.5 Å². The largest absolute Gasteiger partial charge is 0.465 e. The van der Waals surface area contributed by atoms with Crippen LogP contribution in [0.3, 0.4) is 0 Å². The second kappa shape index (κ2) is 2.23. The number of ether oxygens (including phenoxy) is 1. The fourth-order valence-electron chi connectivity index (χ4n) is 4.57. The van der Waals surface area contributed by atoms with E-state index in [1.807, 2.05) is 0 Å². The maximum atomic E-state index is 11.6. The monoisotopic (exact) mass is 190 g/mol. The number of fused-ring (bicyclic) bond motifs is 8. The first-order chi connectivity index (χ1) is 6.86. The molecule has 3 aliphatic carbocycles. The molecule has 74 valence electrons. The van der Waals surface area contributed by atoms with Crippen molar-refractivity contribution in [2.45, 2.75) is 12.8 Å². The maximum Gasteiger partial charge on any atom is 0.309 e. The first-order valence-corrected chi connectivity index (χ1v) is 5.69. The molecule has 0 aromatic heterocycles. The van der Waals surface area contributed by atoms with Crippen LogP contribution in [-0.4, -0.2) is 12.6 Å². The van der Waals surface area contributed by atoms with Crippen molar-refractivity contribution in [2.24, 2.45) is 35.5 Å². The van der Waals surface area contributed by atoms with Crippen LogP contribution in [0.25, 0.3) is 0 Å². The van der Waals surface area contributed by atoms with Gasteiger partial charge >= 0.3 is 5.97 Å². The Morgan fingerprint density at radius 2 is 2.14 bits per heavy atom. The molecule has 0 amide bonds. The van der Waals surface area contributed by atoms with E-state index < -0.39 is 0 Å². The summed E-state index contributed by atoms with van der Waals surface area (Å²) in [5.41, 5.74) is 0. The summed E-state index contributed by atoms with van der Waals surface area (Å²) in [5, 5.41) is 0. The van der Waals surface area contributed by atoms with Crippen molar-refractivity contribution in [3.8, 4) is 0 Å². The molecule has 6 unspecified atom stereocenters. The zero-order valence-corrected chi connectivity index (χ0v) is 8.06. The predicted molar refractivity (Wildman–Crippen MR) is 50.3 cm³/mol. The molecule has 2 saturated carbocycles. The fourth-order valence-corrected chi connectivity index (χ4v) is 4.57. The third-order valence-electron chi connectivity index (χ3n) is 5.01. The summed E-state index contributed by atoms with van der Waals surface area (Å²) in [6, 6.07) is 0. The fraction of sp³-hybridized carbons (Fsp3) is 0.750. The van der Waals surface area contributed by atoms with E-state index in [1.165, 1.54) is 12.8 Å². The summed E-state index contributed by atoms with van der Waals surface area (Å²) in [6.07, 6.45) is 7.23. The van der Waals surface area contributed by atoms with Gasteiger partial charge in [-0.15, -0.1) is 0 Å². The van der Waals surface area contributed by atoms with Gasteiger partial charge in [-0.3, -0.25) is 4.79 Å². The average Bonchev–Trinajstić information content (AvgIpc) is 2.82. The van der Waals surface area contributed by atoms with Crippen molar-refractivity contribution in [1.29, 1.82) is 0 Å². The van der Waals surface area contributed by atoms with Crippen LogP contribution in [0.2, 0.25) is 0 Å². The number of hydrogen-bond donors (Lipinski definition) is 0. The Hall–Kier alpha value is -0.790. The van der Waals surface area contributed by atoms with Gasteiger partial charge in [0.1, 0.15) is 0 Å². The highest BCUT2D eigenvalue weighted by Crippen LogP contribution is 2.63. The Labute approximate surface area is 83.3 Å². The average molecular weight is 190 g/mol. The summed E-state index contributed by atoms with van der Waals surface area (Å²) in [5.74, 6) is 3.93. The van der Waals surface area contributed by atoms with Crippen molar-refractivity contribution < 1.29 is 9.53 Å². The first kappa shape index (κ1) is 7.49. The zero-order valence-electron chi connectivity index (χ0n) is 8.06. The van der Waals surface area contributed by atoms with Crippen LogP contribution in [-0.2, 0) is 9.53 Å². The van der Waals surface area contributed by atoms with E-state index in [1.54, 1.807) is 0 Å². The van der Waals surface area contributed by atoms with Gasteiger partial charge in [0.25, 0.3) is 0 Å². The summed E-state index contributed by atoms with van der Waals surface area (Å²) >= 11 is 0. The van der Waals surface area contributed by atoms with Crippen LogP contribution in [0, 0.1) is 35.5 Å². The lowest BCUT2D eigenvalue weighted by Gasteiger charge is -2.31. The molecule has 4 rings (SSSR count). The molecule has 14 heavy (non-hydrogen) atoms. The Balaban J connectivity index is 1.77. The molecule has 2 bridgehead atoms. The third kappa shape index (κ3) is 0.656. The zero-order chi connectivity index (χ0) is 9.28. The minimum Gasteiger partial charge on any atom is -0.465 e. The molecule has 0 N–H and O–H groups in total. The molecule has 3 fully saturated rings. The van der Waals surface area contributed by atoms with Gasteiger partial charge < -0.3 is 4.74 Å². The SMILES string of the molecule is O=C1OCC2C3CC(C4C=CCC43)C12. The lowest BCUT2D eigenvalue weighted by Crippen LogP contribution is -2.32. The van der Waals surface area contributed by atoms with Gasteiger partial charge in [-0.2, -0.15) is 0 Å². The molecule has 0 spiro atoms. The number of cyclic esters (lactones) is 1. The van der Waals surface area contributed by atoms with Gasteiger partial charge in [-0.05, 0) is 36.5 Å². The van der Waals surface area contributed by atoms with E-state index in [0.717, 1.165) is 11.8 Å². The molecular weight excluding hydrogens is 176 g/mol. The third-order valence-corrected chi connectivity index (χ3v) is 5.01. The van der Waals surface area contributed by atoms with Gasteiger partial charge in [-0.25, -0.2) is 0 Å². The minimum absolute atomic E-state index is 0.0984. The lowest BCUT2D eigenvalue weighted by molar-refractivity contribution is -0.142. The highest BCUT2D eigenvalue weighted by Gasteiger charge is 2.62. The number of hydrogen-bond acceptors (Lipinski definition) is 2. The minimum atomic E-state index is 0.0984. The number of carbonyl (C=O) groups is 1. The molecule has 0 radical (unpaired) electrons. The maximum absolute atomic E-state index is 11.6. The van der Waals surface area contributed by atoms with Crippen molar-refractivity contribution in [3.05, 3.63) is 12.2 Å². The number of rotatable bonds is 0. The van der Waals surface area contributed by atoms with Gasteiger partial charge in [0.2, 0.25) is 0 Å². The molecule has 6 atom stereocenters. The van der Waals surface area contributed by atoms with Crippen LogP contribution >= 0.6 is 0 Å². The summed E-state index contributed by atoms with van der Waals surface area (Å²) in [4.78, 5) is 11.6. The van der Waals surface area contributed by atoms with E-state index in [9.17, 15) is 4.79 Å². The number of esters is 1. The Morgan fingerprint density at radius 3 is 3.07 bits per heavy atom. The van der Waals surface area contributed by atoms with Crippen LogP contribution < -0.4 is 0 Å². The van der Waals surface area contributed by atoms with E-state index in [2.05, 4.69) is 12.2 Å². The highest BCUT2D eigenvalue weighted by atomic mass is 16.5. The summed E-state index contributed by atoms with van der Waals surface area (Å²) in [6.45, 7) is 0.716. The normalized spacial score (nSPS) is 57.6. The van der Waals surface area contributed by atoms with E-state index >= 15 is 0 Å². The molecule has 1 aliphatic heterocycles. The van der Waals surface area contributed by atoms with Gasteiger partial charge in [-0.1, -0.05) is 12.2 Å². The van der Waals surface area contributed by atoms with Crippen LogP contribution in [0.5, 0.6) is 0 Å². The topological polar surface area (TPSA) is 26.3 Å². The smallest absolute Gasteiger partial charge is 0.309 e. The standard InChI is InChI=1S/C12H14O2/c13-12-11-9-4-8(10(11)5-14-12)6-2-1-3-7(6)9/h1,3,6-11H,2,4-5H2. The van der Waals surface area contributed by atoms with Crippen LogP contribution in [0.1, 0.15) is 12.8 Å². The molecule has 2 heteroatoms. The lowest BCUT2D eigenvalue weighted by atomic mass is 9.71. The molecule has 2 nitrogen and oxygen atoms in total. The molecule has 1 heterocycles. The van der Waals surface area contributed by atoms with E-state index in [4.69, 9.17) is 4.74 Å². The van der Waals surface area contributed by atoms with Gasteiger partial charge in [0.15, 0.2) is 0 Å². The van der Waals surface area contributed by atoms with Gasteiger partial charge in [0, 0.05) is 5.92 Å². The molecular formula is C12H14O2. The highest BCUT2D eigenvalue weighted by molar-refractivity contribution is 5.76. The summed E-state index contributed by atoms with van der Waals surface area (Å²) < 4.78 is 5.20. The van der Waals surface area contributed by atoms with Crippen molar-refractivity contribution in [1.82, 2.24) is 0 Å². The van der Waals surface area contributed by atoms with E-state index in [-0.39, 0.29) is 11.9 Å². The van der Waals surface area contributed by atoms with Crippen molar-refractivity contribution in [2.75, 3.05) is 6.61 Å². The quantitative estimate of drug-likeness (QED) is 0.428.